The summed E-state index contributed by atoms with van der Waals surface area (Å²) < 4.78 is 0. The third-order valence-electron chi connectivity index (χ3n) is 2.77. The van der Waals surface area contributed by atoms with E-state index in [4.69, 9.17) is 11.1 Å². The second-order valence-corrected chi connectivity index (χ2v) is 3.77. The molecule has 0 bridgehead atoms. The van der Waals surface area contributed by atoms with E-state index >= 15 is 0 Å². The molecule has 5 nitrogen and oxygen atoms in total. The fraction of sp³-hybridized carbons (Fsp3) is 0.500. The Balaban J connectivity index is 1.97. The number of nitrogens with two attached hydrogens (primary N) is 1. The van der Waals surface area contributed by atoms with Crippen LogP contribution in [0.1, 0.15) is 12.8 Å². The van der Waals surface area contributed by atoms with Crippen molar-refractivity contribution in [2.45, 2.75) is 12.8 Å². The molecule has 2 heterocycles. The highest BCUT2D eigenvalue weighted by Crippen LogP contribution is 2.19. The van der Waals surface area contributed by atoms with Crippen LogP contribution in [0.15, 0.2) is 18.5 Å². The zero-order valence-electron chi connectivity index (χ0n) is 8.56. The van der Waals surface area contributed by atoms with Gasteiger partial charge in [0.25, 0.3) is 0 Å². The second kappa shape index (κ2) is 4.25. The van der Waals surface area contributed by atoms with Gasteiger partial charge in [-0.2, -0.15) is 0 Å². The predicted molar refractivity (Wildman–Crippen MR) is 58.9 cm³/mol. The lowest BCUT2D eigenvalue weighted by molar-refractivity contribution is 0.492. The molecule has 0 saturated carbocycles. The summed E-state index contributed by atoms with van der Waals surface area (Å²) in [4.78, 5) is 10.5. The molecule has 15 heavy (non-hydrogen) atoms. The zero-order valence-corrected chi connectivity index (χ0v) is 8.56. The van der Waals surface area contributed by atoms with Crippen molar-refractivity contribution in [2.24, 2.45) is 11.7 Å². The molecule has 1 fully saturated rings. The third kappa shape index (κ3) is 2.23. The van der Waals surface area contributed by atoms with E-state index in [0.717, 1.165) is 31.9 Å². The number of rotatable bonds is 2. The molecule has 2 rings (SSSR count). The van der Waals surface area contributed by atoms with Crippen LogP contribution < -0.4 is 10.6 Å². The average Bonchev–Trinajstić information content (AvgIpc) is 2.30. The number of anilines is 1. The van der Waals surface area contributed by atoms with Crippen LogP contribution in [0.3, 0.4) is 0 Å². The molecule has 0 aliphatic carbocycles. The van der Waals surface area contributed by atoms with Crippen LogP contribution in [0, 0.1) is 11.3 Å². The second-order valence-electron chi connectivity index (χ2n) is 3.77. The van der Waals surface area contributed by atoms with Gasteiger partial charge in [-0.05, 0) is 18.9 Å². The topological polar surface area (TPSA) is 78.9 Å². The van der Waals surface area contributed by atoms with Crippen molar-refractivity contribution in [1.29, 1.82) is 5.41 Å². The van der Waals surface area contributed by atoms with E-state index in [0.29, 0.717) is 5.84 Å². The Kier molecular flexibility index (Phi) is 2.80. The molecule has 0 aromatic carbocycles. The van der Waals surface area contributed by atoms with Gasteiger partial charge >= 0.3 is 0 Å². The van der Waals surface area contributed by atoms with Crippen molar-refractivity contribution >= 4 is 11.8 Å². The first kappa shape index (κ1) is 9.89. The Labute approximate surface area is 88.8 Å². The summed E-state index contributed by atoms with van der Waals surface area (Å²) in [5, 5.41) is 7.39. The van der Waals surface area contributed by atoms with Gasteiger partial charge in [0, 0.05) is 31.4 Å². The summed E-state index contributed by atoms with van der Waals surface area (Å²) in [5.74, 6) is 1.33. The standard InChI is InChI=1S/C10H15N5/c11-9(12)8-2-6-15(7-3-8)10-13-4-1-5-14-10/h1,4-5,8H,2-3,6-7H2,(H3,11,12). The number of hydrogen-bond donors (Lipinski definition) is 2. The van der Waals surface area contributed by atoms with Gasteiger partial charge in [-0.25, -0.2) is 9.97 Å². The fourth-order valence-corrected chi connectivity index (χ4v) is 1.85. The molecular formula is C10H15N5. The number of piperidine rings is 1. The Morgan fingerprint density at radius 2 is 1.93 bits per heavy atom. The molecule has 80 valence electrons. The van der Waals surface area contributed by atoms with Crippen LogP contribution in [-0.4, -0.2) is 28.9 Å². The lowest BCUT2D eigenvalue weighted by Gasteiger charge is -2.31. The smallest absolute Gasteiger partial charge is 0.225 e. The third-order valence-corrected chi connectivity index (χ3v) is 2.77. The predicted octanol–water partition coefficient (Wildman–Crippen LogP) is 0.629. The van der Waals surface area contributed by atoms with Gasteiger partial charge in [0.15, 0.2) is 0 Å². The monoisotopic (exact) mass is 205 g/mol. The first-order chi connectivity index (χ1) is 7.27. The van der Waals surface area contributed by atoms with Gasteiger partial charge < -0.3 is 10.6 Å². The van der Waals surface area contributed by atoms with Crippen LogP contribution in [-0.2, 0) is 0 Å². The maximum absolute atomic E-state index is 7.39. The molecule has 0 unspecified atom stereocenters. The van der Waals surface area contributed by atoms with E-state index in [-0.39, 0.29) is 5.92 Å². The highest BCUT2D eigenvalue weighted by atomic mass is 15.2. The van der Waals surface area contributed by atoms with E-state index in [1.54, 1.807) is 12.4 Å². The van der Waals surface area contributed by atoms with Gasteiger partial charge in [0.05, 0.1) is 5.84 Å². The van der Waals surface area contributed by atoms with Crippen LogP contribution >= 0.6 is 0 Å². The Bertz CT molecular complexity index is 329. The molecule has 0 radical (unpaired) electrons. The van der Waals surface area contributed by atoms with Gasteiger partial charge in [-0.1, -0.05) is 0 Å². The van der Waals surface area contributed by atoms with Crippen molar-refractivity contribution in [3.05, 3.63) is 18.5 Å². The Hall–Kier alpha value is -1.65. The summed E-state index contributed by atoms with van der Waals surface area (Å²) in [6, 6.07) is 1.81. The quantitative estimate of drug-likeness (QED) is 0.548. The minimum absolute atomic E-state index is 0.241. The van der Waals surface area contributed by atoms with Crippen molar-refractivity contribution in [3.63, 3.8) is 0 Å². The molecule has 1 saturated heterocycles. The SMILES string of the molecule is N=C(N)C1CCN(c2ncccn2)CC1. The first-order valence-corrected chi connectivity index (χ1v) is 5.13. The summed E-state index contributed by atoms with van der Waals surface area (Å²) in [6.07, 6.45) is 5.35. The fourth-order valence-electron chi connectivity index (χ4n) is 1.85. The maximum atomic E-state index is 7.39. The number of nitrogens with one attached hydrogen (secondary N) is 1. The largest absolute Gasteiger partial charge is 0.387 e. The summed E-state index contributed by atoms with van der Waals surface area (Å²) in [6.45, 7) is 1.77. The molecule has 5 heteroatoms. The Morgan fingerprint density at radius 3 is 2.47 bits per heavy atom. The lowest BCUT2D eigenvalue weighted by Crippen LogP contribution is -2.39. The van der Waals surface area contributed by atoms with Gasteiger partial charge in [-0.3, -0.25) is 5.41 Å². The molecule has 1 aliphatic heterocycles. The van der Waals surface area contributed by atoms with Crippen molar-refractivity contribution < 1.29 is 0 Å². The van der Waals surface area contributed by atoms with E-state index in [1.807, 2.05) is 6.07 Å². The van der Waals surface area contributed by atoms with E-state index in [1.165, 1.54) is 0 Å². The number of amidine groups is 1. The van der Waals surface area contributed by atoms with Crippen LogP contribution in [0.2, 0.25) is 0 Å². The van der Waals surface area contributed by atoms with Gasteiger partial charge in [-0.15, -0.1) is 0 Å². The molecule has 3 N–H and O–H groups in total. The molecule has 1 aromatic heterocycles. The number of aromatic nitrogens is 2. The maximum Gasteiger partial charge on any atom is 0.225 e. The highest BCUT2D eigenvalue weighted by molar-refractivity contribution is 5.79. The highest BCUT2D eigenvalue weighted by Gasteiger charge is 2.22. The summed E-state index contributed by atoms with van der Waals surface area (Å²) >= 11 is 0. The van der Waals surface area contributed by atoms with Gasteiger partial charge in [0.1, 0.15) is 0 Å². The molecule has 1 aliphatic rings. The van der Waals surface area contributed by atoms with E-state index in [2.05, 4.69) is 14.9 Å². The molecule has 0 atom stereocenters. The Morgan fingerprint density at radius 1 is 1.33 bits per heavy atom. The van der Waals surface area contributed by atoms with E-state index < -0.39 is 0 Å². The molecule has 0 spiro atoms. The normalized spacial score (nSPS) is 17.7. The molecular weight excluding hydrogens is 190 g/mol. The van der Waals surface area contributed by atoms with E-state index in [9.17, 15) is 0 Å². The minimum atomic E-state index is 0.241. The summed E-state index contributed by atoms with van der Waals surface area (Å²) in [5.41, 5.74) is 5.48. The number of hydrogen-bond acceptors (Lipinski definition) is 4. The van der Waals surface area contributed by atoms with Crippen molar-refractivity contribution in [2.75, 3.05) is 18.0 Å². The van der Waals surface area contributed by atoms with Crippen molar-refractivity contribution in [1.82, 2.24) is 9.97 Å². The van der Waals surface area contributed by atoms with Crippen LogP contribution in [0.4, 0.5) is 5.95 Å². The molecule has 0 amide bonds. The zero-order chi connectivity index (χ0) is 10.7. The molecule has 1 aromatic rings. The van der Waals surface area contributed by atoms with Crippen LogP contribution in [0.25, 0.3) is 0 Å². The summed E-state index contributed by atoms with van der Waals surface area (Å²) in [7, 11) is 0. The lowest BCUT2D eigenvalue weighted by atomic mass is 9.96. The number of nitrogens with zero attached hydrogens (tertiary/aromatic N) is 3. The van der Waals surface area contributed by atoms with Gasteiger partial charge in [0.2, 0.25) is 5.95 Å². The first-order valence-electron chi connectivity index (χ1n) is 5.13. The van der Waals surface area contributed by atoms with Crippen LogP contribution in [0.5, 0.6) is 0 Å². The average molecular weight is 205 g/mol. The minimum Gasteiger partial charge on any atom is -0.387 e. The van der Waals surface area contributed by atoms with Crippen molar-refractivity contribution in [3.8, 4) is 0 Å².